The van der Waals surface area contributed by atoms with Gasteiger partial charge in [-0.15, -0.1) is 5.10 Å². The number of alkyl carbamates (subject to hydrolysis) is 1. The molecule has 2 unspecified atom stereocenters. The van der Waals surface area contributed by atoms with E-state index in [9.17, 15) is 9.59 Å². The lowest BCUT2D eigenvalue weighted by Crippen LogP contribution is -2.43. The molecule has 0 bridgehead atoms. The summed E-state index contributed by atoms with van der Waals surface area (Å²) in [6.07, 6.45) is -0.480. The fraction of sp³-hybridized carbons (Fsp3) is 0.259. The van der Waals surface area contributed by atoms with E-state index < -0.39 is 18.3 Å². The quantitative estimate of drug-likeness (QED) is 0.367. The Balaban J connectivity index is 1.54. The molecule has 35 heavy (non-hydrogen) atoms. The maximum absolute atomic E-state index is 13.5. The predicted molar refractivity (Wildman–Crippen MR) is 133 cm³/mol. The number of nitrogens with zero attached hydrogens (tertiary/aromatic N) is 3. The minimum atomic E-state index is -0.941. The molecule has 0 spiro atoms. The Morgan fingerprint density at radius 2 is 1.54 bits per heavy atom. The number of amides is 2. The number of benzene rings is 3. The highest BCUT2D eigenvalue weighted by atomic mass is 16.5. The van der Waals surface area contributed by atoms with E-state index in [0.29, 0.717) is 12.0 Å². The van der Waals surface area contributed by atoms with Crippen molar-refractivity contribution in [1.82, 2.24) is 25.6 Å². The van der Waals surface area contributed by atoms with Crippen LogP contribution in [0.1, 0.15) is 43.6 Å². The normalized spacial score (nSPS) is 12.8. The second kappa shape index (κ2) is 11.3. The maximum Gasteiger partial charge on any atom is 0.408 e. The van der Waals surface area contributed by atoms with Gasteiger partial charge in [0, 0.05) is 0 Å². The van der Waals surface area contributed by atoms with Crippen LogP contribution in [0.25, 0.3) is 11.0 Å². The summed E-state index contributed by atoms with van der Waals surface area (Å²) in [6, 6.07) is 25.1. The van der Waals surface area contributed by atoms with E-state index in [4.69, 9.17) is 4.74 Å². The van der Waals surface area contributed by atoms with Crippen molar-refractivity contribution in [1.29, 1.82) is 0 Å². The average molecular weight is 472 g/mol. The summed E-state index contributed by atoms with van der Waals surface area (Å²) < 4.78 is 7.10. The van der Waals surface area contributed by atoms with E-state index in [1.807, 2.05) is 72.8 Å². The van der Waals surface area contributed by atoms with Gasteiger partial charge in [0.1, 0.15) is 24.3 Å². The lowest BCUT2D eigenvalue weighted by molar-refractivity contribution is -0.124. The molecular weight excluding hydrogens is 442 g/mol. The Morgan fingerprint density at radius 1 is 0.886 bits per heavy atom. The standard InChI is InChI=1S/C27H29N5O3/c1-19(2)17-24(32-23-16-10-9-15-22(23)30-31-32)28-26(33)25(21-13-7-4-8-14-21)29-27(34)35-18-20-11-5-3-6-12-20/h3-16,19,24-25H,17-18H2,1-2H3,(H,28,33)(H,29,34). The molecule has 2 atom stereocenters. The zero-order valence-electron chi connectivity index (χ0n) is 19.8. The van der Waals surface area contributed by atoms with Crippen molar-refractivity contribution in [2.75, 3.05) is 0 Å². The van der Waals surface area contributed by atoms with Crippen LogP contribution in [0.4, 0.5) is 4.79 Å². The van der Waals surface area contributed by atoms with Crippen molar-refractivity contribution in [3.05, 3.63) is 96.1 Å². The van der Waals surface area contributed by atoms with Crippen LogP contribution in [-0.4, -0.2) is 27.0 Å². The molecule has 1 aromatic heterocycles. The molecule has 0 aliphatic heterocycles. The number of ether oxygens (including phenoxy) is 1. The van der Waals surface area contributed by atoms with Gasteiger partial charge < -0.3 is 15.4 Å². The first-order chi connectivity index (χ1) is 17.0. The van der Waals surface area contributed by atoms with E-state index >= 15 is 0 Å². The molecule has 0 saturated heterocycles. The van der Waals surface area contributed by atoms with E-state index in [0.717, 1.165) is 16.6 Å². The van der Waals surface area contributed by atoms with Crippen molar-refractivity contribution in [2.24, 2.45) is 5.92 Å². The van der Waals surface area contributed by atoms with Gasteiger partial charge in [-0.2, -0.15) is 0 Å². The van der Waals surface area contributed by atoms with E-state index in [-0.39, 0.29) is 18.4 Å². The predicted octanol–water partition coefficient (Wildman–Crippen LogP) is 4.76. The topological polar surface area (TPSA) is 98.1 Å². The van der Waals surface area contributed by atoms with Crippen molar-refractivity contribution in [2.45, 2.75) is 39.1 Å². The largest absolute Gasteiger partial charge is 0.445 e. The summed E-state index contributed by atoms with van der Waals surface area (Å²) in [7, 11) is 0. The molecule has 3 aromatic carbocycles. The van der Waals surface area contributed by atoms with Crippen LogP contribution in [-0.2, 0) is 16.1 Å². The van der Waals surface area contributed by atoms with Gasteiger partial charge in [-0.25, -0.2) is 9.48 Å². The fourth-order valence-electron chi connectivity index (χ4n) is 3.86. The molecule has 0 aliphatic carbocycles. The van der Waals surface area contributed by atoms with E-state index in [1.54, 1.807) is 16.8 Å². The number of hydrogen-bond donors (Lipinski definition) is 2. The molecule has 4 rings (SSSR count). The van der Waals surface area contributed by atoms with Gasteiger partial charge in [0.25, 0.3) is 0 Å². The minimum absolute atomic E-state index is 0.108. The van der Waals surface area contributed by atoms with E-state index in [2.05, 4.69) is 34.8 Å². The van der Waals surface area contributed by atoms with Crippen LogP contribution in [0.5, 0.6) is 0 Å². The van der Waals surface area contributed by atoms with Gasteiger partial charge in [0.15, 0.2) is 0 Å². The second-order valence-corrected chi connectivity index (χ2v) is 8.73. The third-order valence-corrected chi connectivity index (χ3v) is 5.55. The Labute approximate surface area is 204 Å². The number of rotatable bonds is 9. The maximum atomic E-state index is 13.5. The first-order valence-electron chi connectivity index (χ1n) is 11.6. The highest BCUT2D eigenvalue weighted by Crippen LogP contribution is 2.22. The molecule has 0 fully saturated rings. The lowest BCUT2D eigenvalue weighted by atomic mass is 10.0. The molecule has 0 radical (unpaired) electrons. The third-order valence-electron chi connectivity index (χ3n) is 5.55. The van der Waals surface area contributed by atoms with Gasteiger partial charge >= 0.3 is 6.09 Å². The molecule has 0 aliphatic rings. The third kappa shape index (κ3) is 6.23. The summed E-state index contributed by atoms with van der Waals surface area (Å²) >= 11 is 0. The first kappa shape index (κ1) is 23.9. The first-order valence-corrected chi connectivity index (χ1v) is 11.6. The fourth-order valence-corrected chi connectivity index (χ4v) is 3.86. The SMILES string of the molecule is CC(C)CC(NC(=O)C(NC(=O)OCc1ccccc1)c1ccccc1)n1nnc2ccccc21. The van der Waals surface area contributed by atoms with Crippen LogP contribution < -0.4 is 10.6 Å². The minimum Gasteiger partial charge on any atom is -0.445 e. The number of nitrogens with one attached hydrogen (secondary N) is 2. The Kier molecular flexibility index (Phi) is 7.72. The zero-order valence-corrected chi connectivity index (χ0v) is 19.8. The molecule has 180 valence electrons. The van der Waals surface area contributed by atoms with Crippen LogP contribution in [0.2, 0.25) is 0 Å². The van der Waals surface area contributed by atoms with Crippen LogP contribution >= 0.6 is 0 Å². The van der Waals surface area contributed by atoms with Crippen molar-refractivity contribution in [3.8, 4) is 0 Å². The molecule has 4 aromatic rings. The van der Waals surface area contributed by atoms with Crippen molar-refractivity contribution < 1.29 is 14.3 Å². The number of carbonyl (C=O) groups excluding carboxylic acids is 2. The summed E-state index contributed by atoms with van der Waals surface area (Å²) in [5, 5.41) is 14.3. The number of para-hydroxylation sites is 1. The summed E-state index contributed by atoms with van der Waals surface area (Å²) in [4.78, 5) is 26.2. The second-order valence-electron chi connectivity index (χ2n) is 8.73. The molecular formula is C27H29N5O3. The van der Waals surface area contributed by atoms with Crippen LogP contribution in [0, 0.1) is 5.92 Å². The number of carbonyl (C=O) groups is 2. The van der Waals surface area contributed by atoms with Crippen molar-refractivity contribution in [3.63, 3.8) is 0 Å². The monoisotopic (exact) mass is 471 g/mol. The van der Waals surface area contributed by atoms with Crippen LogP contribution in [0.15, 0.2) is 84.9 Å². The molecule has 8 heteroatoms. The van der Waals surface area contributed by atoms with Gasteiger partial charge in [0.2, 0.25) is 5.91 Å². The lowest BCUT2D eigenvalue weighted by Gasteiger charge is -2.25. The summed E-state index contributed by atoms with van der Waals surface area (Å²) in [5.41, 5.74) is 3.08. The molecule has 8 nitrogen and oxygen atoms in total. The van der Waals surface area contributed by atoms with Gasteiger partial charge in [-0.1, -0.05) is 91.9 Å². The molecule has 2 amide bonds. The molecule has 0 saturated carbocycles. The highest BCUT2D eigenvalue weighted by Gasteiger charge is 2.27. The van der Waals surface area contributed by atoms with Crippen LogP contribution in [0.3, 0.4) is 0 Å². The number of hydrogen-bond acceptors (Lipinski definition) is 5. The zero-order chi connectivity index (χ0) is 24.6. The number of aromatic nitrogens is 3. The Bertz CT molecular complexity index is 1260. The average Bonchev–Trinajstić information content (AvgIpc) is 3.31. The Morgan fingerprint density at radius 3 is 2.26 bits per heavy atom. The van der Waals surface area contributed by atoms with Gasteiger partial charge in [-0.05, 0) is 35.6 Å². The van der Waals surface area contributed by atoms with E-state index in [1.165, 1.54) is 0 Å². The van der Waals surface area contributed by atoms with Gasteiger partial charge in [0.05, 0.1) is 5.52 Å². The van der Waals surface area contributed by atoms with Gasteiger partial charge in [-0.3, -0.25) is 4.79 Å². The summed E-state index contributed by atoms with van der Waals surface area (Å²) in [5.74, 6) is -0.0830. The Hall–Kier alpha value is -4.20. The molecule has 1 heterocycles. The molecule has 2 N–H and O–H groups in total. The van der Waals surface area contributed by atoms with Crippen molar-refractivity contribution >= 4 is 23.0 Å². The smallest absolute Gasteiger partial charge is 0.408 e. The number of fused-ring (bicyclic) bond motifs is 1. The highest BCUT2D eigenvalue weighted by molar-refractivity contribution is 5.87. The summed E-state index contributed by atoms with van der Waals surface area (Å²) in [6.45, 7) is 4.26.